The summed E-state index contributed by atoms with van der Waals surface area (Å²) in [6, 6.07) is 20.1. The predicted molar refractivity (Wildman–Crippen MR) is 113 cm³/mol. The van der Waals surface area contributed by atoms with E-state index in [1.807, 2.05) is 48.5 Å². The van der Waals surface area contributed by atoms with E-state index >= 15 is 0 Å². The van der Waals surface area contributed by atoms with Crippen LogP contribution in [0.5, 0.6) is 11.5 Å². The molecule has 1 atom stereocenters. The summed E-state index contributed by atoms with van der Waals surface area (Å²) in [6.45, 7) is 0.832. The fourth-order valence-corrected chi connectivity index (χ4v) is 4.78. The molecule has 0 amide bonds. The van der Waals surface area contributed by atoms with Crippen molar-refractivity contribution in [2.45, 2.75) is 17.5 Å². The second-order valence-electron chi connectivity index (χ2n) is 7.03. The zero-order chi connectivity index (χ0) is 20.6. The van der Waals surface area contributed by atoms with Crippen LogP contribution in [-0.2, 0) is 16.6 Å². The van der Waals surface area contributed by atoms with E-state index in [-0.39, 0.29) is 11.0 Å². The Kier molecular flexibility index (Phi) is 4.55. The Balaban J connectivity index is 1.32. The Hall–Kier alpha value is -3.52. The maximum atomic E-state index is 13.0. The molecule has 4 aromatic rings. The van der Waals surface area contributed by atoms with E-state index in [9.17, 15) is 8.42 Å². The average molecular weight is 421 g/mol. The van der Waals surface area contributed by atoms with Crippen molar-refractivity contribution in [3.05, 3.63) is 79.1 Å². The maximum Gasteiger partial charge on any atom is 0.262 e. The summed E-state index contributed by atoms with van der Waals surface area (Å²) in [7, 11) is -3.76. The molecular formula is C22H19N3O4S. The maximum absolute atomic E-state index is 13.0. The first kappa shape index (κ1) is 18.5. The van der Waals surface area contributed by atoms with Gasteiger partial charge in [-0.2, -0.15) is 5.10 Å². The van der Waals surface area contributed by atoms with Gasteiger partial charge in [-0.15, -0.1) is 0 Å². The lowest BCUT2D eigenvalue weighted by Crippen LogP contribution is -2.33. The third-order valence-electron chi connectivity index (χ3n) is 4.88. The number of anilines is 1. The van der Waals surface area contributed by atoms with Crippen LogP contribution < -0.4 is 14.2 Å². The molecule has 5 rings (SSSR count). The van der Waals surface area contributed by atoms with E-state index in [0.717, 1.165) is 11.1 Å². The zero-order valence-corrected chi connectivity index (χ0v) is 16.7. The van der Waals surface area contributed by atoms with Crippen LogP contribution in [0.25, 0.3) is 10.8 Å². The molecule has 8 heteroatoms. The van der Waals surface area contributed by atoms with Gasteiger partial charge in [-0.05, 0) is 23.6 Å². The molecule has 1 N–H and O–H groups in total. The molecule has 0 saturated carbocycles. The van der Waals surface area contributed by atoms with Gasteiger partial charge in [-0.3, -0.25) is 9.40 Å². The lowest BCUT2D eigenvalue weighted by atomic mass is 10.1. The highest BCUT2D eigenvalue weighted by molar-refractivity contribution is 7.93. The van der Waals surface area contributed by atoms with Crippen molar-refractivity contribution in [2.75, 3.05) is 11.3 Å². The van der Waals surface area contributed by atoms with Crippen LogP contribution in [0.1, 0.15) is 0 Å². The Bertz CT molecular complexity index is 1310. The number of hydrogen-bond donors (Lipinski definition) is 1. The van der Waals surface area contributed by atoms with Gasteiger partial charge in [0.2, 0.25) is 0 Å². The Morgan fingerprint density at radius 2 is 1.77 bits per heavy atom. The van der Waals surface area contributed by atoms with Gasteiger partial charge in [0.25, 0.3) is 10.0 Å². The van der Waals surface area contributed by atoms with Crippen molar-refractivity contribution >= 4 is 26.5 Å². The first-order valence-corrected chi connectivity index (χ1v) is 11.0. The highest BCUT2D eigenvalue weighted by Crippen LogP contribution is 2.31. The van der Waals surface area contributed by atoms with Crippen molar-refractivity contribution in [1.29, 1.82) is 0 Å². The molecule has 1 aliphatic heterocycles. The topological polar surface area (TPSA) is 82.5 Å². The zero-order valence-electron chi connectivity index (χ0n) is 15.9. The molecule has 1 aromatic heterocycles. The molecule has 0 bridgehead atoms. The van der Waals surface area contributed by atoms with Crippen molar-refractivity contribution in [3.63, 3.8) is 0 Å². The molecule has 0 spiro atoms. The van der Waals surface area contributed by atoms with Gasteiger partial charge in [0.05, 0.1) is 23.3 Å². The summed E-state index contributed by atoms with van der Waals surface area (Å²) in [6.07, 6.45) is 2.91. The number of fused-ring (bicyclic) bond motifs is 2. The Morgan fingerprint density at radius 1 is 1.00 bits per heavy atom. The van der Waals surface area contributed by atoms with Crippen LogP contribution in [0.3, 0.4) is 0 Å². The summed E-state index contributed by atoms with van der Waals surface area (Å²) < 4.78 is 41.8. The number of sulfonamides is 1. The number of rotatable bonds is 5. The predicted octanol–water partition coefficient (Wildman–Crippen LogP) is 3.68. The van der Waals surface area contributed by atoms with E-state index in [0.29, 0.717) is 30.0 Å². The van der Waals surface area contributed by atoms with E-state index < -0.39 is 10.0 Å². The summed E-state index contributed by atoms with van der Waals surface area (Å²) in [4.78, 5) is 0.231. The van der Waals surface area contributed by atoms with E-state index in [1.54, 1.807) is 29.1 Å². The van der Waals surface area contributed by atoms with E-state index in [2.05, 4.69) is 9.82 Å². The van der Waals surface area contributed by atoms with Crippen LogP contribution >= 0.6 is 0 Å². The van der Waals surface area contributed by atoms with Gasteiger partial charge in [-0.1, -0.05) is 48.5 Å². The minimum atomic E-state index is -3.76. The quantitative estimate of drug-likeness (QED) is 0.532. The molecule has 30 heavy (non-hydrogen) atoms. The van der Waals surface area contributed by atoms with Gasteiger partial charge in [-0.25, -0.2) is 8.42 Å². The molecular weight excluding hydrogens is 402 g/mol. The molecule has 0 radical (unpaired) electrons. The smallest absolute Gasteiger partial charge is 0.262 e. The van der Waals surface area contributed by atoms with Gasteiger partial charge in [0, 0.05) is 11.6 Å². The van der Waals surface area contributed by atoms with Crippen molar-refractivity contribution < 1.29 is 17.9 Å². The third kappa shape index (κ3) is 3.57. The standard InChI is InChI=1S/C22H19N3O4S/c26-30(27,22-11-5-7-16-6-1-2-8-19(16)22)24-17-12-23-25(13-17)14-18-15-28-20-9-3-4-10-21(20)29-18/h1-13,18,24H,14-15H2. The largest absolute Gasteiger partial charge is 0.486 e. The van der Waals surface area contributed by atoms with E-state index in [4.69, 9.17) is 9.47 Å². The Morgan fingerprint density at radius 3 is 2.67 bits per heavy atom. The number of hydrogen-bond acceptors (Lipinski definition) is 5. The molecule has 1 aliphatic rings. The molecule has 3 aromatic carbocycles. The van der Waals surface area contributed by atoms with Gasteiger partial charge >= 0.3 is 0 Å². The number of para-hydroxylation sites is 2. The summed E-state index contributed by atoms with van der Waals surface area (Å²) in [5.41, 5.74) is 0.389. The van der Waals surface area contributed by atoms with Gasteiger partial charge < -0.3 is 9.47 Å². The van der Waals surface area contributed by atoms with Crippen molar-refractivity contribution in [2.24, 2.45) is 0 Å². The molecule has 7 nitrogen and oxygen atoms in total. The van der Waals surface area contributed by atoms with Crippen molar-refractivity contribution in [3.8, 4) is 11.5 Å². The van der Waals surface area contributed by atoms with Gasteiger partial charge in [0.1, 0.15) is 6.61 Å². The third-order valence-corrected chi connectivity index (χ3v) is 6.32. The van der Waals surface area contributed by atoms with Crippen LogP contribution in [0.2, 0.25) is 0 Å². The summed E-state index contributed by atoms with van der Waals surface area (Å²) in [5.74, 6) is 1.41. The summed E-state index contributed by atoms with van der Waals surface area (Å²) in [5, 5.41) is 5.80. The average Bonchev–Trinajstić information content (AvgIpc) is 3.19. The van der Waals surface area contributed by atoms with Crippen LogP contribution in [-0.4, -0.2) is 30.9 Å². The lowest BCUT2D eigenvalue weighted by molar-refractivity contribution is 0.0759. The molecule has 0 aliphatic carbocycles. The van der Waals surface area contributed by atoms with E-state index in [1.165, 1.54) is 6.20 Å². The number of nitrogens with one attached hydrogen (secondary N) is 1. The molecule has 2 heterocycles. The number of ether oxygens (including phenoxy) is 2. The molecule has 0 fully saturated rings. The first-order valence-electron chi connectivity index (χ1n) is 9.50. The van der Waals surface area contributed by atoms with Crippen LogP contribution in [0, 0.1) is 0 Å². The first-order chi connectivity index (χ1) is 14.6. The molecule has 1 unspecified atom stereocenters. The normalized spacial score (nSPS) is 15.8. The minimum absolute atomic E-state index is 0.220. The second kappa shape index (κ2) is 7.38. The fraction of sp³-hybridized carbons (Fsp3) is 0.136. The number of aromatic nitrogens is 2. The van der Waals surface area contributed by atoms with Crippen LogP contribution in [0.15, 0.2) is 84.0 Å². The molecule has 152 valence electrons. The number of benzene rings is 3. The highest BCUT2D eigenvalue weighted by Gasteiger charge is 2.22. The number of nitrogens with zero attached hydrogens (tertiary/aromatic N) is 2. The lowest BCUT2D eigenvalue weighted by Gasteiger charge is -2.26. The molecule has 0 saturated heterocycles. The highest BCUT2D eigenvalue weighted by atomic mass is 32.2. The van der Waals surface area contributed by atoms with Crippen molar-refractivity contribution in [1.82, 2.24) is 9.78 Å². The Labute approximate surface area is 173 Å². The second-order valence-corrected chi connectivity index (χ2v) is 8.68. The minimum Gasteiger partial charge on any atom is -0.486 e. The monoisotopic (exact) mass is 421 g/mol. The fourth-order valence-electron chi connectivity index (χ4n) is 3.52. The SMILES string of the molecule is O=S(=O)(Nc1cnn(CC2COc3ccccc3O2)c1)c1cccc2ccccc12. The van der Waals surface area contributed by atoms with Gasteiger partial charge in [0.15, 0.2) is 17.6 Å². The summed E-state index contributed by atoms with van der Waals surface area (Å²) >= 11 is 0. The van der Waals surface area contributed by atoms with Crippen LogP contribution in [0.4, 0.5) is 5.69 Å².